The van der Waals surface area contributed by atoms with Crippen molar-refractivity contribution in [2.75, 3.05) is 20.1 Å². The first-order valence-corrected chi connectivity index (χ1v) is 7.21. The van der Waals surface area contributed by atoms with Gasteiger partial charge in [0, 0.05) is 42.3 Å². The number of hydrogen-bond donors (Lipinski definition) is 1. The number of nitrogens with one attached hydrogen (secondary N) is 1. The molecule has 1 saturated carbocycles. The normalized spacial score (nSPS) is 14.9. The Morgan fingerprint density at radius 1 is 1.53 bits per heavy atom. The number of nitro benzene ring substituents is 1. The molecule has 0 aliphatic heterocycles. The van der Waals surface area contributed by atoms with Gasteiger partial charge >= 0.3 is 0 Å². The first kappa shape index (κ1) is 14.4. The highest BCUT2D eigenvalue weighted by molar-refractivity contribution is 9.10. The Balaban J connectivity index is 1.77. The Labute approximate surface area is 121 Å². The van der Waals surface area contributed by atoms with E-state index in [1.165, 1.54) is 18.9 Å². The summed E-state index contributed by atoms with van der Waals surface area (Å²) in [6, 6.07) is 5.67. The topological polar surface area (TPSA) is 58.4 Å². The molecule has 0 amide bonds. The number of nitrogens with zero attached hydrogens (tertiary/aromatic N) is 2. The Kier molecular flexibility index (Phi) is 4.90. The van der Waals surface area contributed by atoms with E-state index < -0.39 is 0 Å². The zero-order valence-corrected chi connectivity index (χ0v) is 12.5. The van der Waals surface area contributed by atoms with E-state index in [0.717, 1.165) is 35.7 Å². The van der Waals surface area contributed by atoms with E-state index in [1.807, 2.05) is 0 Å². The summed E-state index contributed by atoms with van der Waals surface area (Å²) in [7, 11) is 2.15. The molecule has 0 aromatic heterocycles. The van der Waals surface area contributed by atoms with Crippen LogP contribution in [0, 0.1) is 10.1 Å². The lowest BCUT2D eigenvalue weighted by atomic mass is 10.2. The van der Waals surface area contributed by atoms with Crippen LogP contribution in [0.2, 0.25) is 0 Å². The van der Waals surface area contributed by atoms with Crippen LogP contribution in [0.15, 0.2) is 22.7 Å². The third kappa shape index (κ3) is 4.26. The van der Waals surface area contributed by atoms with E-state index in [-0.39, 0.29) is 10.6 Å². The Morgan fingerprint density at radius 3 is 2.84 bits per heavy atom. The zero-order valence-electron chi connectivity index (χ0n) is 10.9. The van der Waals surface area contributed by atoms with Crippen LogP contribution < -0.4 is 5.32 Å². The van der Waals surface area contributed by atoms with E-state index in [1.54, 1.807) is 12.1 Å². The minimum absolute atomic E-state index is 0.115. The molecule has 0 bridgehead atoms. The van der Waals surface area contributed by atoms with Crippen LogP contribution in [-0.4, -0.2) is 36.0 Å². The highest BCUT2D eigenvalue weighted by Gasteiger charge is 2.25. The van der Waals surface area contributed by atoms with Gasteiger partial charge in [-0.05, 0) is 31.5 Å². The molecule has 0 unspecified atom stereocenters. The van der Waals surface area contributed by atoms with Crippen molar-refractivity contribution in [2.24, 2.45) is 0 Å². The van der Waals surface area contributed by atoms with E-state index in [9.17, 15) is 10.1 Å². The van der Waals surface area contributed by atoms with Crippen molar-refractivity contribution in [2.45, 2.75) is 25.4 Å². The van der Waals surface area contributed by atoms with Gasteiger partial charge < -0.3 is 10.2 Å². The molecule has 0 heterocycles. The van der Waals surface area contributed by atoms with Gasteiger partial charge in [0.05, 0.1) is 4.92 Å². The van der Waals surface area contributed by atoms with Crippen molar-refractivity contribution in [3.63, 3.8) is 0 Å². The molecule has 1 aliphatic rings. The van der Waals surface area contributed by atoms with Gasteiger partial charge in [-0.1, -0.05) is 15.9 Å². The molecule has 19 heavy (non-hydrogen) atoms. The summed E-state index contributed by atoms with van der Waals surface area (Å²) < 4.78 is 0.782. The molecule has 0 radical (unpaired) electrons. The third-order valence-electron chi connectivity index (χ3n) is 3.37. The van der Waals surface area contributed by atoms with Crippen LogP contribution in [0.5, 0.6) is 0 Å². The fourth-order valence-corrected chi connectivity index (χ4v) is 2.48. The smallest absolute Gasteiger partial charge is 0.270 e. The van der Waals surface area contributed by atoms with Crippen LogP contribution in [0.1, 0.15) is 18.4 Å². The Hall–Kier alpha value is -0.980. The summed E-state index contributed by atoms with van der Waals surface area (Å²) in [4.78, 5) is 12.6. The Morgan fingerprint density at radius 2 is 2.26 bits per heavy atom. The molecular formula is C13H18BrN3O2. The molecule has 1 aromatic carbocycles. The molecule has 1 fully saturated rings. The molecule has 1 aliphatic carbocycles. The van der Waals surface area contributed by atoms with E-state index in [4.69, 9.17) is 0 Å². The lowest BCUT2D eigenvalue weighted by Gasteiger charge is -2.15. The van der Waals surface area contributed by atoms with E-state index in [0.29, 0.717) is 0 Å². The fraction of sp³-hybridized carbons (Fsp3) is 0.538. The van der Waals surface area contributed by atoms with Gasteiger partial charge in [0.2, 0.25) is 0 Å². The number of hydrogen-bond acceptors (Lipinski definition) is 4. The van der Waals surface area contributed by atoms with Gasteiger partial charge in [-0.15, -0.1) is 0 Å². The van der Waals surface area contributed by atoms with Gasteiger partial charge in [-0.3, -0.25) is 10.1 Å². The minimum Gasteiger partial charge on any atom is -0.311 e. The highest BCUT2D eigenvalue weighted by Crippen LogP contribution is 2.25. The van der Waals surface area contributed by atoms with Crippen LogP contribution in [-0.2, 0) is 6.54 Å². The van der Waals surface area contributed by atoms with Crippen molar-refractivity contribution < 1.29 is 4.92 Å². The maximum absolute atomic E-state index is 10.6. The summed E-state index contributed by atoms with van der Waals surface area (Å²) in [6.07, 6.45) is 2.65. The monoisotopic (exact) mass is 327 g/mol. The van der Waals surface area contributed by atoms with Gasteiger partial charge in [-0.2, -0.15) is 0 Å². The standard InChI is InChI=1S/C13H18BrN3O2/c1-16(11-4-5-11)7-6-15-9-10-2-3-12(17(18)19)8-13(10)14/h2-3,8,11,15H,4-7,9H2,1H3. The number of benzene rings is 1. The SMILES string of the molecule is CN(CCNCc1ccc([N+](=O)[O-])cc1Br)C1CC1. The molecule has 6 heteroatoms. The number of halogens is 1. The summed E-state index contributed by atoms with van der Waals surface area (Å²) >= 11 is 3.37. The number of rotatable bonds is 7. The van der Waals surface area contributed by atoms with Gasteiger partial charge in [-0.25, -0.2) is 0 Å². The molecule has 0 spiro atoms. The molecular weight excluding hydrogens is 310 g/mol. The predicted octanol–water partition coefficient (Wildman–Crippen LogP) is 2.54. The van der Waals surface area contributed by atoms with Crippen molar-refractivity contribution in [3.8, 4) is 0 Å². The lowest BCUT2D eigenvalue weighted by Crippen LogP contribution is -2.30. The molecule has 0 atom stereocenters. The highest BCUT2D eigenvalue weighted by atomic mass is 79.9. The largest absolute Gasteiger partial charge is 0.311 e. The van der Waals surface area contributed by atoms with Gasteiger partial charge in [0.25, 0.3) is 5.69 Å². The quantitative estimate of drug-likeness (QED) is 0.475. The maximum Gasteiger partial charge on any atom is 0.270 e. The average Bonchev–Trinajstić information content (AvgIpc) is 3.19. The number of non-ortho nitro benzene ring substituents is 1. The molecule has 1 N–H and O–H groups in total. The molecule has 2 rings (SSSR count). The minimum atomic E-state index is -0.382. The van der Waals surface area contributed by atoms with Gasteiger partial charge in [0.15, 0.2) is 0 Å². The lowest BCUT2D eigenvalue weighted by molar-refractivity contribution is -0.384. The average molecular weight is 328 g/mol. The Bertz CT molecular complexity index is 463. The number of nitro groups is 1. The molecule has 1 aromatic rings. The first-order valence-electron chi connectivity index (χ1n) is 6.41. The van der Waals surface area contributed by atoms with Crippen molar-refractivity contribution >= 4 is 21.6 Å². The van der Waals surface area contributed by atoms with E-state index in [2.05, 4.69) is 33.2 Å². The summed E-state index contributed by atoms with van der Waals surface area (Å²) in [5, 5.41) is 14.0. The van der Waals surface area contributed by atoms with Crippen LogP contribution in [0.25, 0.3) is 0 Å². The second kappa shape index (κ2) is 6.45. The zero-order chi connectivity index (χ0) is 13.8. The summed E-state index contributed by atoms with van der Waals surface area (Å²) in [5.41, 5.74) is 1.16. The second-order valence-electron chi connectivity index (χ2n) is 4.92. The molecule has 5 nitrogen and oxygen atoms in total. The van der Waals surface area contributed by atoms with Crippen molar-refractivity contribution in [3.05, 3.63) is 38.3 Å². The fourth-order valence-electron chi connectivity index (χ4n) is 1.97. The third-order valence-corrected chi connectivity index (χ3v) is 4.11. The molecule has 104 valence electrons. The second-order valence-corrected chi connectivity index (χ2v) is 5.78. The van der Waals surface area contributed by atoms with Crippen LogP contribution in [0.3, 0.4) is 0 Å². The summed E-state index contributed by atoms with van der Waals surface area (Å²) in [6.45, 7) is 2.68. The first-order chi connectivity index (χ1) is 9.08. The van der Waals surface area contributed by atoms with Crippen LogP contribution in [0.4, 0.5) is 5.69 Å². The van der Waals surface area contributed by atoms with Crippen molar-refractivity contribution in [1.82, 2.24) is 10.2 Å². The summed E-state index contributed by atoms with van der Waals surface area (Å²) in [5.74, 6) is 0. The maximum atomic E-state index is 10.6. The predicted molar refractivity (Wildman–Crippen MR) is 78.2 cm³/mol. The van der Waals surface area contributed by atoms with E-state index >= 15 is 0 Å². The molecule has 0 saturated heterocycles. The van der Waals surface area contributed by atoms with Crippen molar-refractivity contribution in [1.29, 1.82) is 0 Å². The number of likely N-dealkylation sites (N-methyl/N-ethyl adjacent to an activating group) is 1. The van der Waals surface area contributed by atoms with Gasteiger partial charge in [0.1, 0.15) is 0 Å². The van der Waals surface area contributed by atoms with Crippen LogP contribution >= 0.6 is 15.9 Å².